The molecule has 0 bridgehead atoms. The molecule has 2 rings (SSSR count). The van der Waals surface area contributed by atoms with Crippen LogP contribution < -0.4 is 5.32 Å². The van der Waals surface area contributed by atoms with Gasteiger partial charge in [-0.3, -0.25) is 4.79 Å². The van der Waals surface area contributed by atoms with E-state index in [1.54, 1.807) is 0 Å². The zero-order valence-corrected chi connectivity index (χ0v) is 12.0. The maximum Gasteiger partial charge on any atom is 0.328 e. The lowest BCUT2D eigenvalue weighted by atomic mass is 10.2. The molecule has 0 aliphatic rings. The summed E-state index contributed by atoms with van der Waals surface area (Å²) < 4.78 is 6.65. The number of carbonyl (C=O) groups is 2. The van der Waals surface area contributed by atoms with Gasteiger partial charge >= 0.3 is 5.97 Å². The maximum absolute atomic E-state index is 12.0. The quantitative estimate of drug-likeness (QED) is 0.836. The first-order valence-corrected chi connectivity index (χ1v) is 6.59. The van der Waals surface area contributed by atoms with Crippen LogP contribution in [0.25, 0.3) is 10.9 Å². The first kappa shape index (κ1) is 15.1. The van der Waals surface area contributed by atoms with E-state index < -0.39 is 12.0 Å². The van der Waals surface area contributed by atoms with Crippen molar-refractivity contribution in [3.05, 3.63) is 36.0 Å². The lowest BCUT2D eigenvalue weighted by molar-refractivity contribution is -0.143. The average Bonchev–Trinajstić information content (AvgIpc) is 2.75. The molecule has 0 spiro atoms. The number of carbonyl (C=O) groups excluding carboxylic acids is 1. The molecule has 21 heavy (non-hydrogen) atoms. The summed E-state index contributed by atoms with van der Waals surface area (Å²) in [6, 6.07) is 8.70. The van der Waals surface area contributed by atoms with Gasteiger partial charge in [-0.15, -0.1) is 0 Å². The number of hydrogen-bond acceptors (Lipinski definition) is 3. The average molecular weight is 290 g/mol. The smallest absolute Gasteiger partial charge is 0.328 e. The molecule has 1 heterocycles. The highest BCUT2D eigenvalue weighted by Crippen LogP contribution is 2.18. The fraction of sp³-hybridized carbons (Fsp3) is 0.333. The molecule has 0 aliphatic carbocycles. The van der Waals surface area contributed by atoms with Crippen molar-refractivity contribution in [1.82, 2.24) is 9.88 Å². The van der Waals surface area contributed by atoms with Gasteiger partial charge in [0.2, 0.25) is 5.91 Å². The lowest BCUT2D eigenvalue weighted by Crippen LogP contribution is -2.45. The number of carboxylic acid groups (broad SMARTS) is 1. The van der Waals surface area contributed by atoms with Crippen molar-refractivity contribution in [2.75, 3.05) is 13.7 Å². The number of aliphatic carboxylic acids is 1. The summed E-state index contributed by atoms with van der Waals surface area (Å²) in [5.41, 5.74) is 1.90. The molecular formula is C15H18N2O4. The summed E-state index contributed by atoms with van der Waals surface area (Å²) in [6.45, 7) is 1.93. The van der Waals surface area contributed by atoms with Crippen LogP contribution in [0, 0.1) is 6.92 Å². The van der Waals surface area contributed by atoms with E-state index in [-0.39, 0.29) is 19.1 Å². The van der Waals surface area contributed by atoms with Crippen molar-refractivity contribution in [1.29, 1.82) is 0 Å². The van der Waals surface area contributed by atoms with Crippen molar-refractivity contribution in [3.63, 3.8) is 0 Å². The number of amides is 1. The summed E-state index contributed by atoms with van der Waals surface area (Å²) in [5, 5.41) is 12.5. The second-order valence-corrected chi connectivity index (χ2v) is 4.84. The van der Waals surface area contributed by atoms with Crippen LogP contribution in [0.15, 0.2) is 30.3 Å². The molecule has 1 aromatic carbocycles. The Morgan fingerprint density at radius 2 is 2.10 bits per heavy atom. The van der Waals surface area contributed by atoms with Crippen LogP contribution in [0.4, 0.5) is 0 Å². The Bertz CT molecular complexity index is 663. The number of rotatable bonds is 6. The van der Waals surface area contributed by atoms with Gasteiger partial charge in [-0.25, -0.2) is 4.79 Å². The number of ether oxygens (including phenoxy) is 1. The first-order valence-electron chi connectivity index (χ1n) is 6.59. The number of carboxylic acids is 1. The second-order valence-electron chi connectivity index (χ2n) is 4.84. The van der Waals surface area contributed by atoms with Gasteiger partial charge in [0.15, 0.2) is 6.04 Å². The Hall–Kier alpha value is -2.34. The van der Waals surface area contributed by atoms with E-state index in [0.717, 1.165) is 16.6 Å². The van der Waals surface area contributed by atoms with Crippen LogP contribution in [-0.2, 0) is 20.9 Å². The minimum Gasteiger partial charge on any atom is -0.480 e. The highest BCUT2D eigenvalue weighted by molar-refractivity contribution is 5.86. The first-order chi connectivity index (χ1) is 10.0. The molecule has 2 aromatic rings. The standard InChI is InChI=1S/C15H18N2O4/c1-10-7-11-5-3-4-6-13(11)17(10)8-14(18)16-12(9-21-2)15(19)20/h3-7,12H,8-9H2,1-2H3,(H,16,18)(H,19,20). The van der Waals surface area contributed by atoms with E-state index in [9.17, 15) is 9.59 Å². The van der Waals surface area contributed by atoms with Gasteiger partial charge in [-0.1, -0.05) is 18.2 Å². The fourth-order valence-electron chi connectivity index (χ4n) is 2.28. The summed E-state index contributed by atoms with van der Waals surface area (Å²) in [6.07, 6.45) is 0. The third kappa shape index (κ3) is 3.41. The molecule has 0 saturated heterocycles. The molecule has 0 saturated carbocycles. The van der Waals surface area contributed by atoms with Gasteiger partial charge in [-0.2, -0.15) is 0 Å². The number of hydrogen-bond donors (Lipinski definition) is 2. The topological polar surface area (TPSA) is 80.6 Å². The van der Waals surface area contributed by atoms with Gasteiger partial charge < -0.3 is 19.7 Å². The van der Waals surface area contributed by atoms with Gasteiger partial charge in [-0.05, 0) is 24.4 Å². The molecule has 1 atom stereocenters. The summed E-state index contributed by atoms with van der Waals surface area (Å²) in [5.74, 6) is -1.47. The molecular weight excluding hydrogens is 272 g/mol. The van der Waals surface area contributed by atoms with Crippen molar-refractivity contribution in [3.8, 4) is 0 Å². The third-order valence-corrected chi connectivity index (χ3v) is 3.29. The molecule has 0 aliphatic heterocycles. The number of nitrogens with zero attached hydrogens (tertiary/aromatic N) is 1. The van der Waals surface area contributed by atoms with Crippen molar-refractivity contribution < 1.29 is 19.4 Å². The minimum absolute atomic E-state index is 0.0630. The monoisotopic (exact) mass is 290 g/mol. The van der Waals surface area contributed by atoms with Crippen molar-refractivity contribution >= 4 is 22.8 Å². The molecule has 112 valence electrons. The van der Waals surface area contributed by atoms with E-state index in [1.807, 2.05) is 41.8 Å². The SMILES string of the molecule is COCC(NC(=O)Cn1c(C)cc2ccccc21)C(=O)O. The normalized spacial score (nSPS) is 12.3. The van der Waals surface area contributed by atoms with Crippen LogP contribution in [0.2, 0.25) is 0 Å². The molecule has 0 radical (unpaired) electrons. The zero-order valence-electron chi connectivity index (χ0n) is 12.0. The van der Waals surface area contributed by atoms with Gasteiger partial charge in [0.05, 0.1) is 6.61 Å². The molecule has 1 amide bonds. The van der Waals surface area contributed by atoms with E-state index in [1.165, 1.54) is 7.11 Å². The Morgan fingerprint density at radius 3 is 2.76 bits per heavy atom. The highest BCUT2D eigenvalue weighted by atomic mass is 16.5. The van der Waals surface area contributed by atoms with E-state index in [2.05, 4.69) is 5.32 Å². The Labute approximate surface area is 122 Å². The molecule has 1 aromatic heterocycles. The van der Waals surface area contributed by atoms with Crippen molar-refractivity contribution in [2.45, 2.75) is 19.5 Å². The van der Waals surface area contributed by atoms with Crippen LogP contribution >= 0.6 is 0 Å². The Morgan fingerprint density at radius 1 is 1.38 bits per heavy atom. The summed E-state index contributed by atoms with van der Waals surface area (Å²) in [4.78, 5) is 23.1. The van der Waals surface area contributed by atoms with E-state index in [4.69, 9.17) is 9.84 Å². The largest absolute Gasteiger partial charge is 0.480 e. The van der Waals surface area contributed by atoms with Gasteiger partial charge in [0.1, 0.15) is 6.54 Å². The number of para-hydroxylation sites is 1. The third-order valence-electron chi connectivity index (χ3n) is 3.29. The summed E-state index contributed by atoms with van der Waals surface area (Å²) in [7, 11) is 1.39. The zero-order chi connectivity index (χ0) is 15.4. The number of aromatic nitrogens is 1. The van der Waals surface area contributed by atoms with Crippen LogP contribution in [-0.4, -0.2) is 41.3 Å². The van der Waals surface area contributed by atoms with Crippen LogP contribution in [0.3, 0.4) is 0 Å². The second kappa shape index (κ2) is 6.41. The fourth-order valence-corrected chi connectivity index (χ4v) is 2.28. The predicted molar refractivity (Wildman–Crippen MR) is 78.1 cm³/mol. The minimum atomic E-state index is -1.11. The number of aryl methyl sites for hydroxylation is 1. The number of benzene rings is 1. The van der Waals surface area contributed by atoms with Crippen LogP contribution in [0.1, 0.15) is 5.69 Å². The molecule has 6 nitrogen and oxygen atoms in total. The Kier molecular flexibility index (Phi) is 4.59. The summed E-state index contributed by atoms with van der Waals surface area (Å²) >= 11 is 0. The lowest BCUT2D eigenvalue weighted by Gasteiger charge is -2.15. The molecule has 1 unspecified atom stereocenters. The number of nitrogens with one attached hydrogen (secondary N) is 1. The van der Waals surface area contributed by atoms with Crippen molar-refractivity contribution in [2.24, 2.45) is 0 Å². The maximum atomic E-state index is 12.0. The number of methoxy groups -OCH3 is 1. The number of fused-ring (bicyclic) bond motifs is 1. The van der Waals surface area contributed by atoms with Gasteiger partial charge in [0, 0.05) is 18.3 Å². The van der Waals surface area contributed by atoms with E-state index >= 15 is 0 Å². The predicted octanol–water partition coefficient (Wildman–Crippen LogP) is 1.17. The van der Waals surface area contributed by atoms with Gasteiger partial charge in [0.25, 0.3) is 0 Å². The molecule has 0 fully saturated rings. The van der Waals surface area contributed by atoms with Crippen LogP contribution in [0.5, 0.6) is 0 Å². The highest BCUT2D eigenvalue weighted by Gasteiger charge is 2.20. The molecule has 6 heteroatoms. The molecule has 2 N–H and O–H groups in total. The Balaban J connectivity index is 2.14. The van der Waals surface area contributed by atoms with E-state index in [0.29, 0.717) is 0 Å².